The summed E-state index contributed by atoms with van der Waals surface area (Å²) in [5.41, 5.74) is 3.40. The molecule has 26 heavy (non-hydrogen) atoms. The summed E-state index contributed by atoms with van der Waals surface area (Å²) in [5.74, 6) is -1.17. The van der Waals surface area contributed by atoms with Gasteiger partial charge >= 0.3 is 5.97 Å². The van der Waals surface area contributed by atoms with Crippen LogP contribution in [0.25, 0.3) is 0 Å². The molecule has 2 rings (SSSR count). The van der Waals surface area contributed by atoms with Crippen LogP contribution >= 0.6 is 0 Å². The topological polar surface area (TPSA) is 93.5 Å². The second-order valence-corrected chi connectivity index (χ2v) is 6.43. The third-order valence-electron chi connectivity index (χ3n) is 4.60. The van der Waals surface area contributed by atoms with Crippen LogP contribution in [0.2, 0.25) is 0 Å². The lowest BCUT2D eigenvalue weighted by Crippen LogP contribution is -2.37. The Hall–Kier alpha value is -2.83. The summed E-state index contributed by atoms with van der Waals surface area (Å²) in [7, 11) is 3.40. The van der Waals surface area contributed by atoms with Crippen LogP contribution in [-0.2, 0) is 23.1 Å². The van der Waals surface area contributed by atoms with Gasteiger partial charge in [-0.3, -0.25) is 9.48 Å². The molecule has 1 amide bonds. The van der Waals surface area contributed by atoms with Crippen LogP contribution in [0.4, 0.5) is 0 Å². The van der Waals surface area contributed by atoms with Crippen molar-refractivity contribution in [3.8, 4) is 5.75 Å². The van der Waals surface area contributed by atoms with Crippen LogP contribution in [0, 0.1) is 19.8 Å². The zero-order valence-electron chi connectivity index (χ0n) is 15.7. The maximum Gasteiger partial charge on any atom is 0.330 e. The number of hydrogen-bond acceptors (Lipinski definition) is 4. The van der Waals surface area contributed by atoms with Gasteiger partial charge in [0.1, 0.15) is 5.75 Å². The molecule has 0 radical (unpaired) electrons. The van der Waals surface area contributed by atoms with Crippen molar-refractivity contribution in [3.05, 3.63) is 46.8 Å². The Morgan fingerprint density at radius 1 is 1.27 bits per heavy atom. The highest BCUT2D eigenvalue weighted by Gasteiger charge is 2.26. The van der Waals surface area contributed by atoms with Crippen molar-refractivity contribution in [3.63, 3.8) is 0 Å². The van der Waals surface area contributed by atoms with Crippen molar-refractivity contribution in [2.45, 2.75) is 33.2 Å². The van der Waals surface area contributed by atoms with Gasteiger partial charge in [-0.2, -0.15) is 5.10 Å². The number of aryl methyl sites for hydroxylation is 2. The van der Waals surface area contributed by atoms with Crippen LogP contribution in [0.1, 0.15) is 35.5 Å². The molecule has 1 aromatic heterocycles. The quantitative estimate of drug-likeness (QED) is 0.790. The third-order valence-corrected chi connectivity index (χ3v) is 4.60. The number of carboxylic acid groups (broad SMARTS) is 1. The van der Waals surface area contributed by atoms with Crippen molar-refractivity contribution in [2.75, 3.05) is 7.11 Å². The zero-order valence-corrected chi connectivity index (χ0v) is 15.7. The van der Waals surface area contributed by atoms with Gasteiger partial charge < -0.3 is 15.2 Å². The molecule has 0 spiro atoms. The molecule has 2 aromatic rings. The molecule has 140 valence electrons. The summed E-state index contributed by atoms with van der Waals surface area (Å²) in [6, 6.07) is 5.51. The summed E-state index contributed by atoms with van der Waals surface area (Å²) in [5, 5.41) is 16.5. The Morgan fingerprint density at radius 2 is 1.88 bits per heavy atom. The van der Waals surface area contributed by atoms with Crippen molar-refractivity contribution in [1.82, 2.24) is 15.1 Å². The van der Waals surface area contributed by atoms with E-state index in [2.05, 4.69) is 10.4 Å². The molecule has 0 saturated carbocycles. The Morgan fingerprint density at radius 3 is 2.35 bits per heavy atom. The van der Waals surface area contributed by atoms with E-state index in [1.165, 1.54) is 7.11 Å². The maximum absolute atomic E-state index is 12.6. The molecule has 0 aliphatic rings. The molecule has 1 heterocycles. The fraction of sp³-hybridized carbons (Fsp3) is 0.421. The molecular formula is C19H25N3O4. The number of rotatable bonds is 7. The number of methoxy groups -OCH3 is 1. The van der Waals surface area contributed by atoms with E-state index in [-0.39, 0.29) is 11.8 Å². The second-order valence-electron chi connectivity index (χ2n) is 6.43. The first-order valence-corrected chi connectivity index (χ1v) is 8.40. The first-order valence-electron chi connectivity index (χ1n) is 8.40. The van der Waals surface area contributed by atoms with Gasteiger partial charge in [0.15, 0.2) is 6.04 Å². The molecule has 2 atom stereocenters. The van der Waals surface area contributed by atoms with Crippen molar-refractivity contribution >= 4 is 11.9 Å². The van der Waals surface area contributed by atoms with E-state index in [0.29, 0.717) is 17.7 Å². The summed E-state index contributed by atoms with van der Waals surface area (Å²) >= 11 is 0. The van der Waals surface area contributed by atoms with E-state index in [0.717, 1.165) is 17.0 Å². The lowest BCUT2D eigenvalue weighted by molar-refractivity contribution is -0.142. The maximum atomic E-state index is 12.6. The summed E-state index contributed by atoms with van der Waals surface area (Å²) in [6.07, 6.45) is 0.506. The highest BCUT2D eigenvalue weighted by Crippen LogP contribution is 2.20. The normalized spacial score (nSPS) is 13.1. The number of carboxylic acids is 1. The number of ether oxygens (including phenoxy) is 1. The van der Waals surface area contributed by atoms with Crippen LogP contribution in [0.15, 0.2) is 24.3 Å². The van der Waals surface area contributed by atoms with Gasteiger partial charge in [-0.05, 0) is 43.5 Å². The van der Waals surface area contributed by atoms with Gasteiger partial charge in [-0.1, -0.05) is 19.1 Å². The molecule has 0 aliphatic carbocycles. The number of aromatic nitrogens is 2. The molecule has 1 aromatic carbocycles. The van der Waals surface area contributed by atoms with Crippen LogP contribution < -0.4 is 10.1 Å². The molecule has 0 fully saturated rings. The SMILES string of the molecule is COc1ccc(C(NC(=O)C(C)Cc2c(C)nn(C)c2C)C(=O)O)cc1. The standard InChI is InChI=1S/C19H25N3O4/c1-11(10-16-12(2)21-22(4)13(16)3)18(23)20-17(19(24)25)14-6-8-15(26-5)9-7-14/h6-9,11,17H,10H2,1-5H3,(H,20,23)(H,24,25). The number of aliphatic carboxylic acids is 1. The minimum absolute atomic E-state index is 0.309. The zero-order chi connectivity index (χ0) is 19.4. The number of nitrogens with one attached hydrogen (secondary N) is 1. The first kappa shape index (κ1) is 19.5. The molecule has 7 heteroatoms. The van der Waals surface area contributed by atoms with Gasteiger partial charge in [0.05, 0.1) is 12.8 Å². The van der Waals surface area contributed by atoms with E-state index >= 15 is 0 Å². The molecule has 2 unspecified atom stereocenters. The molecule has 7 nitrogen and oxygen atoms in total. The first-order chi connectivity index (χ1) is 12.2. The Balaban J connectivity index is 2.12. The molecular weight excluding hydrogens is 334 g/mol. The number of hydrogen-bond donors (Lipinski definition) is 2. The van der Waals surface area contributed by atoms with E-state index in [4.69, 9.17) is 4.74 Å². The Labute approximate surface area is 153 Å². The average Bonchev–Trinajstić information content (AvgIpc) is 2.85. The summed E-state index contributed by atoms with van der Waals surface area (Å²) < 4.78 is 6.86. The van der Waals surface area contributed by atoms with Gasteiger partial charge in [-0.25, -0.2) is 4.79 Å². The number of amides is 1. The van der Waals surface area contributed by atoms with E-state index in [1.807, 2.05) is 20.9 Å². The second kappa shape index (κ2) is 8.03. The third kappa shape index (κ3) is 4.22. The summed E-state index contributed by atoms with van der Waals surface area (Å²) in [4.78, 5) is 24.2. The van der Waals surface area contributed by atoms with Crippen molar-refractivity contribution in [1.29, 1.82) is 0 Å². The van der Waals surface area contributed by atoms with Crippen molar-refractivity contribution < 1.29 is 19.4 Å². The van der Waals surface area contributed by atoms with Crippen LogP contribution in [-0.4, -0.2) is 33.9 Å². The molecule has 0 aliphatic heterocycles. The van der Waals surface area contributed by atoms with Gasteiger partial charge in [0, 0.05) is 18.7 Å². The lowest BCUT2D eigenvalue weighted by Gasteiger charge is -2.18. The number of benzene rings is 1. The predicted octanol–water partition coefficient (Wildman–Crippen LogP) is 2.17. The number of carbonyl (C=O) groups is 2. The van der Waals surface area contributed by atoms with Gasteiger partial charge in [-0.15, -0.1) is 0 Å². The van der Waals surface area contributed by atoms with E-state index in [1.54, 1.807) is 35.9 Å². The summed E-state index contributed by atoms with van der Waals surface area (Å²) in [6.45, 7) is 5.65. The fourth-order valence-corrected chi connectivity index (χ4v) is 2.88. The number of carbonyl (C=O) groups excluding carboxylic acids is 1. The minimum Gasteiger partial charge on any atom is -0.497 e. The van der Waals surface area contributed by atoms with E-state index in [9.17, 15) is 14.7 Å². The van der Waals surface area contributed by atoms with Gasteiger partial charge in [0.25, 0.3) is 0 Å². The molecule has 2 N–H and O–H groups in total. The highest BCUT2D eigenvalue weighted by molar-refractivity contribution is 5.85. The average molecular weight is 359 g/mol. The highest BCUT2D eigenvalue weighted by atomic mass is 16.5. The lowest BCUT2D eigenvalue weighted by atomic mass is 9.98. The van der Waals surface area contributed by atoms with Crippen LogP contribution in [0.3, 0.4) is 0 Å². The smallest absolute Gasteiger partial charge is 0.330 e. The fourth-order valence-electron chi connectivity index (χ4n) is 2.88. The van der Waals surface area contributed by atoms with Crippen LogP contribution in [0.5, 0.6) is 5.75 Å². The Bertz CT molecular complexity index is 796. The largest absolute Gasteiger partial charge is 0.497 e. The minimum atomic E-state index is -1.11. The molecule has 0 bridgehead atoms. The molecule has 0 saturated heterocycles. The monoisotopic (exact) mass is 359 g/mol. The van der Waals surface area contributed by atoms with Gasteiger partial charge in [0.2, 0.25) is 5.91 Å². The Kier molecular flexibility index (Phi) is 6.02. The number of nitrogens with zero attached hydrogens (tertiary/aromatic N) is 2. The predicted molar refractivity (Wildman–Crippen MR) is 97.1 cm³/mol. The van der Waals surface area contributed by atoms with Crippen molar-refractivity contribution in [2.24, 2.45) is 13.0 Å². The van der Waals surface area contributed by atoms with E-state index < -0.39 is 12.0 Å².